The first-order valence-electron chi connectivity index (χ1n) is 7.51. The normalized spacial score (nSPS) is 18.0. The molecule has 0 amide bonds. The summed E-state index contributed by atoms with van der Waals surface area (Å²) in [5.41, 5.74) is 1.13. The molecule has 22 heavy (non-hydrogen) atoms. The van der Waals surface area contributed by atoms with E-state index in [1.54, 1.807) is 11.3 Å². The summed E-state index contributed by atoms with van der Waals surface area (Å²) < 4.78 is 0.314. The Kier molecular flexibility index (Phi) is 8.48. The number of aliphatic imine (C=N–C) groups is 1. The Morgan fingerprint density at radius 1 is 1.50 bits per heavy atom. The van der Waals surface area contributed by atoms with Crippen LogP contribution in [0.3, 0.4) is 0 Å². The Bertz CT molecular complexity index is 488. The number of aryl methyl sites for hydroxylation is 2. The van der Waals surface area contributed by atoms with Gasteiger partial charge in [-0.3, -0.25) is 4.99 Å². The van der Waals surface area contributed by atoms with Crippen LogP contribution in [-0.4, -0.2) is 53.0 Å². The molecule has 1 aliphatic heterocycles. The summed E-state index contributed by atoms with van der Waals surface area (Å²) in [5, 5.41) is 6.85. The summed E-state index contributed by atoms with van der Waals surface area (Å²) in [4.78, 5) is 11.3. The number of guanidine groups is 1. The summed E-state index contributed by atoms with van der Waals surface area (Å²) in [5.74, 6) is 2.21. The van der Waals surface area contributed by atoms with Crippen molar-refractivity contribution in [2.45, 2.75) is 38.4 Å². The van der Waals surface area contributed by atoms with Crippen LogP contribution >= 0.6 is 47.1 Å². The van der Waals surface area contributed by atoms with E-state index < -0.39 is 0 Å². The molecule has 0 aliphatic carbocycles. The summed E-state index contributed by atoms with van der Waals surface area (Å²) in [6.07, 6.45) is 2.14. The second-order valence-corrected chi connectivity index (χ2v) is 8.73. The van der Waals surface area contributed by atoms with Gasteiger partial charge >= 0.3 is 0 Å². The molecule has 1 N–H and O–H groups in total. The van der Waals surface area contributed by atoms with Crippen LogP contribution in [0.4, 0.5) is 0 Å². The van der Waals surface area contributed by atoms with E-state index in [-0.39, 0.29) is 24.0 Å². The second kappa shape index (κ2) is 9.32. The third-order valence-electron chi connectivity index (χ3n) is 3.45. The molecule has 1 aromatic rings. The van der Waals surface area contributed by atoms with E-state index >= 15 is 0 Å². The fraction of sp³-hybridized carbons (Fsp3) is 0.733. The summed E-state index contributed by atoms with van der Waals surface area (Å²) in [6, 6.07) is 0. The minimum atomic E-state index is 0. The van der Waals surface area contributed by atoms with E-state index in [9.17, 15) is 0 Å². The standard InChI is InChI=1S/C15H26N4S2.HI/c1-12-10-20-13(18-12)6-5-7-17-14(16-4)19-8-9-21-15(2,3)11-19;/h10H,5-9,11H2,1-4H3,(H,16,17);1H. The van der Waals surface area contributed by atoms with Crippen LogP contribution in [-0.2, 0) is 6.42 Å². The predicted molar refractivity (Wildman–Crippen MR) is 110 cm³/mol. The number of nitrogens with zero attached hydrogens (tertiary/aromatic N) is 3. The van der Waals surface area contributed by atoms with Gasteiger partial charge in [0.05, 0.1) is 5.01 Å². The molecule has 2 heterocycles. The molecule has 2 rings (SSSR count). The number of aromatic nitrogens is 1. The molecule has 0 radical (unpaired) electrons. The topological polar surface area (TPSA) is 40.5 Å². The van der Waals surface area contributed by atoms with Crippen LogP contribution in [0.1, 0.15) is 31.0 Å². The average Bonchev–Trinajstić information content (AvgIpc) is 2.83. The highest BCUT2D eigenvalue weighted by Crippen LogP contribution is 2.29. The molecule has 1 aromatic heterocycles. The highest BCUT2D eigenvalue weighted by Gasteiger charge is 2.28. The maximum atomic E-state index is 4.50. The van der Waals surface area contributed by atoms with Crippen molar-refractivity contribution < 1.29 is 0 Å². The molecule has 1 aliphatic rings. The summed E-state index contributed by atoms with van der Waals surface area (Å²) in [7, 11) is 1.88. The molecule has 4 nitrogen and oxygen atoms in total. The van der Waals surface area contributed by atoms with Crippen LogP contribution in [0.2, 0.25) is 0 Å². The lowest BCUT2D eigenvalue weighted by molar-refractivity contribution is 0.375. The Morgan fingerprint density at radius 3 is 2.86 bits per heavy atom. The maximum absolute atomic E-state index is 4.50. The van der Waals surface area contributed by atoms with Crippen LogP contribution in [0.25, 0.3) is 0 Å². The lowest BCUT2D eigenvalue weighted by atomic mass is 10.2. The zero-order valence-corrected chi connectivity index (χ0v) is 17.8. The molecule has 1 fully saturated rings. The Labute approximate surface area is 159 Å². The molecule has 0 saturated carbocycles. The van der Waals surface area contributed by atoms with Crippen molar-refractivity contribution in [2.75, 3.05) is 32.4 Å². The monoisotopic (exact) mass is 454 g/mol. The van der Waals surface area contributed by atoms with Gasteiger partial charge in [0.1, 0.15) is 0 Å². The maximum Gasteiger partial charge on any atom is 0.193 e. The fourth-order valence-corrected chi connectivity index (χ4v) is 4.42. The third-order valence-corrected chi connectivity index (χ3v) is 5.78. The lowest BCUT2D eigenvalue weighted by Crippen LogP contribution is -2.51. The van der Waals surface area contributed by atoms with Crippen molar-refractivity contribution in [1.82, 2.24) is 15.2 Å². The Balaban J connectivity index is 0.00000242. The van der Waals surface area contributed by atoms with Crippen LogP contribution in [0, 0.1) is 6.92 Å². The zero-order chi connectivity index (χ0) is 15.3. The van der Waals surface area contributed by atoms with E-state index in [1.165, 1.54) is 10.8 Å². The van der Waals surface area contributed by atoms with Crippen LogP contribution < -0.4 is 5.32 Å². The highest BCUT2D eigenvalue weighted by atomic mass is 127. The fourth-order valence-electron chi connectivity index (χ4n) is 2.49. The van der Waals surface area contributed by atoms with E-state index in [4.69, 9.17) is 0 Å². The number of hydrogen-bond donors (Lipinski definition) is 1. The Hall–Kier alpha value is -0.0200. The molecule has 126 valence electrons. The molecular weight excluding hydrogens is 427 g/mol. The first-order chi connectivity index (χ1) is 10.00. The number of thioether (sulfide) groups is 1. The van der Waals surface area contributed by atoms with Crippen molar-refractivity contribution in [2.24, 2.45) is 4.99 Å². The number of hydrogen-bond acceptors (Lipinski definition) is 4. The smallest absolute Gasteiger partial charge is 0.193 e. The highest BCUT2D eigenvalue weighted by molar-refractivity contribution is 14.0. The lowest BCUT2D eigenvalue weighted by Gasteiger charge is -2.39. The minimum Gasteiger partial charge on any atom is -0.356 e. The van der Waals surface area contributed by atoms with Crippen LogP contribution in [0.15, 0.2) is 10.4 Å². The van der Waals surface area contributed by atoms with Crippen molar-refractivity contribution in [3.8, 4) is 0 Å². The Morgan fingerprint density at radius 2 is 2.27 bits per heavy atom. The van der Waals surface area contributed by atoms with Gasteiger partial charge in [0.2, 0.25) is 0 Å². The quantitative estimate of drug-likeness (QED) is 0.328. The van der Waals surface area contributed by atoms with Gasteiger partial charge in [-0.2, -0.15) is 11.8 Å². The number of thiazole rings is 1. The molecule has 0 aromatic carbocycles. The van der Waals surface area contributed by atoms with Crippen molar-refractivity contribution in [3.05, 3.63) is 16.1 Å². The average molecular weight is 454 g/mol. The molecular formula is C15H27IN4S2. The number of halogens is 1. The van der Waals surface area contributed by atoms with E-state index in [0.29, 0.717) is 4.75 Å². The zero-order valence-electron chi connectivity index (χ0n) is 13.9. The van der Waals surface area contributed by atoms with Gasteiger partial charge in [0.25, 0.3) is 0 Å². The second-order valence-electron chi connectivity index (χ2n) is 5.99. The van der Waals surface area contributed by atoms with Gasteiger partial charge in [-0.05, 0) is 27.2 Å². The van der Waals surface area contributed by atoms with Gasteiger partial charge in [0.15, 0.2) is 5.96 Å². The molecule has 0 bridgehead atoms. The van der Waals surface area contributed by atoms with Crippen molar-refractivity contribution in [3.63, 3.8) is 0 Å². The summed E-state index contributed by atoms with van der Waals surface area (Å²) in [6.45, 7) is 9.76. The van der Waals surface area contributed by atoms with E-state index in [1.807, 2.05) is 18.8 Å². The van der Waals surface area contributed by atoms with E-state index in [0.717, 1.165) is 44.1 Å². The van der Waals surface area contributed by atoms with Crippen molar-refractivity contribution in [1.29, 1.82) is 0 Å². The predicted octanol–water partition coefficient (Wildman–Crippen LogP) is 3.40. The number of nitrogens with one attached hydrogen (secondary N) is 1. The largest absolute Gasteiger partial charge is 0.356 e. The van der Waals surface area contributed by atoms with Gasteiger partial charge in [-0.25, -0.2) is 4.98 Å². The van der Waals surface area contributed by atoms with Gasteiger partial charge in [0, 0.05) is 54.7 Å². The first-order valence-corrected chi connectivity index (χ1v) is 9.37. The molecule has 0 atom stereocenters. The molecule has 0 unspecified atom stereocenters. The van der Waals surface area contributed by atoms with Crippen LogP contribution in [0.5, 0.6) is 0 Å². The SMILES string of the molecule is CN=C(NCCCc1nc(C)cs1)N1CCSC(C)(C)C1.I. The van der Waals surface area contributed by atoms with Gasteiger partial charge in [-0.15, -0.1) is 35.3 Å². The number of rotatable bonds is 4. The molecule has 1 saturated heterocycles. The minimum absolute atomic E-state index is 0. The van der Waals surface area contributed by atoms with Gasteiger partial charge in [-0.1, -0.05) is 0 Å². The van der Waals surface area contributed by atoms with E-state index in [2.05, 4.69) is 46.3 Å². The first kappa shape index (κ1) is 20.0. The molecule has 0 spiro atoms. The molecule has 7 heteroatoms. The summed E-state index contributed by atoms with van der Waals surface area (Å²) >= 11 is 3.81. The van der Waals surface area contributed by atoms with Crippen molar-refractivity contribution >= 4 is 53.0 Å². The van der Waals surface area contributed by atoms with Gasteiger partial charge < -0.3 is 10.2 Å². The third kappa shape index (κ3) is 6.23.